The van der Waals surface area contributed by atoms with Crippen molar-refractivity contribution in [2.75, 3.05) is 25.2 Å². The van der Waals surface area contributed by atoms with Crippen LogP contribution in [-0.2, 0) is 19.1 Å². The zero-order valence-corrected chi connectivity index (χ0v) is 17.9. The standard InChI is InChI=1S/C24H23F2NO5/c1-4-31-23(28)18-13-27(16-7-9-17(30-3)10-8-16)14-19(24(29)32-5-2)22(18)15-6-11-20(25)21(26)12-15/h6-14,22H,4-5H2,1-3H3. The Morgan fingerprint density at radius 1 is 0.875 bits per heavy atom. The minimum atomic E-state index is -1.09. The third kappa shape index (κ3) is 4.80. The van der Waals surface area contributed by atoms with Crippen molar-refractivity contribution in [1.82, 2.24) is 0 Å². The van der Waals surface area contributed by atoms with Crippen LogP contribution in [0.5, 0.6) is 5.75 Å². The van der Waals surface area contributed by atoms with E-state index in [0.717, 1.165) is 12.1 Å². The molecule has 32 heavy (non-hydrogen) atoms. The van der Waals surface area contributed by atoms with Gasteiger partial charge in [0.15, 0.2) is 11.6 Å². The summed E-state index contributed by atoms with van der Waals surface area (Å²) >= 11 is 0. The first-order chi connectivity index (χ1) is 15.4. The van der Waals surface area contributed by atoms with E-state index in [1.54, 1.807) is 50.1 Å². The van der Waals surface area contributed by atoms with Crippen LogP contribution in [0.4, 0.5) is 14.5 Å². The lowest BCUT2D eigenvalue weighted by Crippen LogP contribution is -2.29. The number of ether oxygens (including phenoxy) is 3. The van der Waals surface area contributed by atoms with E-state index in [0.29, 0.717) is 11.4 Å². The monoisotopic (exact) mass is 443 g/mol. The Hall–Kier alpha value is -3.68. The number of hydrogen-bond acceptors (Lipinski definition) is 6. The van der Waals surface area contributed by atoms with E-state index in [1.807, 2.05) is 0 Å². The summed E-state index contributed by atoms with van der Waals surface area (Å²) in [5.41, 5.74) is 1.02. The fourth-order valence-electron chi connectivity index (χ4n) is 3.38. The number of esters is 2. The number of carbonyl (C=O) groups excluding carboxylic acids is 2. The van der Waals surface area contributed by atoms with Crippen LogP contribution < -0.4 is 9.64 Å². The number of methoxy groups -OCH3 is 1. The lowest BCUT2D eigenvalue weighted by Gasteiger charge is -2.30. The molecule has 0 spiro atoms. The van der Waals surface area contributed by atoms with Crippen molar-refractivity contribution in [1.29, 1.82) is 0 Å². The molecular formula is C24H23F2NO5. The number of hydrogen-bond donors (Lipinski definition) is 0. The third-order valence-electron chi connectivity index (χ3n) is 4.85. The van der Waals surface area contributed by atoms with E-state index in [2.05, 4.69) is 0 Å². The first kappa shape index (κ1) is 23.0. The topological polar surface area (TPSA) is 65.1 Å². The van der Waals surface area contributed by atoms with Crippen molar-refractivity contribution in [2.24, 2.45) is 0 Å². The molecule has 0 saturated carbocycles. The van der Waals surface area contributed by atoms with Crippen LogP contribution in [0.1, 0.15) is 25.3 Å². The maximum absolute atomic E-state index is 14.0. The summed E-state index contributed by atoms with van der Waals surface area (Å²) in [6.45, 7) is 3.50. The minimum Gasteiger partial charge on any atom is -0.497 e. The molecule has 0 fully saturated rings. The van der Waals surface area contributed by atoms with Crippen LogP contribution in [-0.4, -0.2) is 32.3 Å². The summed E-state index contributed by atoms with van der Waals surface area (Å²) in [7, 11) is 1.54. The molecule has 0 aliphatic carbocycles. The van der Waals surface area contributed by atoms with Gasteiger partial charge in [0.05, 0.1) is 37.4 Å². The SMILES string of the molecule is CCOC(=O)C1=CN(c2ccc(OC)cc2)C=C(C(=O)OCC)C1c1ccc(F)c(F)c1. The summed E-state index contributed by atoms with van der Waals surface area (Å²) in [5.74, 6) is -3.86. The van der Waals surface area contributed by atoms with Crippen LogP contribution >= 0.6 is 0 Å². The average molecular weight is 443 g/mol. The number of nitrogens with zero attached hydrogens (tertiary/aromatic N) is 1. The second kappa shape index (κ2) is 10.1. The molecule has 0 atom stereocenters. The molecule has 1 heterocycles. The maximum Gasteiger partial charge on any atom is 0.336 e. The Balaban J connectivity index is 2.17. The maximum atomic E-state index is 14.0. The van der Waals surface area contributed by atoms with Gasteiger partial charge >= 0.3 is 11.9 Å². The van der Waals surface area contributed by atoms with Crippen molar-refractivity contribution in [2.45, 2.75) is 19.8 Å². The van der Waals surface area contributed by atoms with Gasteiger partial charge in [-0.05, 0) is 55.8 Å². The number of anilines is 1. The van der Waals surface area contributed by atoms with Crippen molar-refractivity contribution in [3.63, 3.8) is 0 Å². The Bertz CT molecular complexity index is 1030. The quantitative estimate of drug-likeness (QED) is 0.589. The number of carbonyl (C=O) groups is 2. The van der Waals surface area contributed by atoms with Crippen molar-refractivity contribution < 1.29 is 32.6 Å². The summed E-state index contributed by atoms with van der Waals surface area (Å²) in [6, 6.07) is 10.2. The van der Waals surface area contributed by atoms with Gasteiger partial charge in [-0.1, -0.05) is 6.07 Å². The molecule has 1 aliphatic heterocycles. The second-order valence-electron chi connectivity index (χ2n) is 6.82. The van der Waals surface area contributed by atoms with Gasteiger partial charge in [0, 0.05) is 18.1 Å². The zero-order valence-electron chi connectivity index (χ0n) is 17.9. The fraction of sp³-hybridized carbons (Fsp3) is 0.250. The smallest absolute Gasteiger partial charge is 0.336 e. The van der Waals surface area contributed by atoms with E-state index >= 15 is 0 Å². The molecule has 1 aliphatic rings. The molecule has 0 aromatic heterocycles. The zero-order chi connectivity index (χ0) is 23.3. The molecule has 6 nitrogen and oxygen atoms in total. The van der Waals surface area contributed by atoms with Crippen molar-refractivity contribution in [3.8, 4) is 5.75 Å². The highest BCUT2D eigenvalue weighted by Crippen LogP contribution is 2.39. The molecule has 0 amide bonds. The first-order valence-electron chi connectivity index (χ1n) is 10.0. The number of rotatable bonds is 7. The van der Waals surface area contributed by atoms with Crippen LogP contribution in [0.3, 0.4) is 0 Å². The van der Waals surface area contributed by atoms with E-state index in [1.165, 1.54) is 18.5 Å². The van der Waals surface area contributed by atoms with Crippen LogP contribution in [0.15, 0.2) is 66.0 Å². The lowest BCUT2D eigenvalue weighted by molar-refractivity contribution is -0.139. The molecule has 8 heteroatoms. The van der Waals surface area contributed by atoms with Crippen LogP contribution in [0.2, 0.25) is 0 Å². The predicted octanol–water partition coefficient (Wildman–Crippen LogP) is 4.47. The summed E-state index contributed by atoms with van der Waals surface area (Å²) in [5, 5.41) is 0. The average Bonchev–Trinajstić information content (AvgIpc) is 2.80. The first-order valence-corrected chi connectivity index (χ1v) is 10.0. The van der Waals surface area contributed by atoms with Gasteiger partial charge in [-0.25, -0.2) is 18.4 Å². The number of benzene rings is 2. The Morgan fingerprint density at radius 2 is 1.44 bits per heavy atom. The normalized spacial score (nSPS) is 13.8. The Labute approximate surface area is 184 Å². The molecule has 2 aromatic rings. The van der Waals surface area contributed by atoms with Crippen molar-refractivity contribution >= 4 is 17.6 Å². The Kier molecular flexibility index (Phi) is 7.25. The summed E-state index contributed by atoms with van der Waals surface area (Å²) in [6.07, 6.45) is 3.02. The lowest BCUT2D eigenvalue weighted by atomic mass is 9.83. The van der Waals surface area contributed by atoms with Gasteiger partial charge < -0.3 is 19.1 Å². The number of halogens is 2. The van der Waals surface area contributed by atoms with E-state index in [-0.39, 0.29) is 29.9 Å². The predicted molar refractivity (Wildman–Crippen MR) is 114 cm³/mol. The minimum absolute atomic E-state index is 0.0826. The van der Waals surface area contributed by atoms with Gasteiger partial charge in [0.1, 0.15) is 5.75 Å². The van der Waals surface area contributed by atoms with E-state index in [4.69, 9.17) is 14.2 Å². The third-order valence-corrected chi connectivity index (χ3v) is 4.85. The molecule has 3 rings (SSSR count). The second-order valence-corrected chi connectivity index (χ2v) is 6.82. The van der Waals surface area contributed by atoms with Crippen LogP contribution in [0.25, 0.3) is 0 Å². The molecule has 2 aromatic carbocycles. The highest BCUT2D eigenvalue weighted by Gasteiger charge is 2.36. The van der Waals surface area contributed by atoms with Gasteiger partial charge in [-0.2, -0.15) is 0 Å². The Morgan fingerprint density at radius 3 is 1.91 bits per heavy atom. The molecule has 0 radical (unpaired) electrons. The molecule has 168 valence electrons. The molecule has 0 saturated heterocycles. The van der Waals surface area contributed by atoms with Gasteiger partial charge in [-0.3, -0.25) is 0 Å². The van der Waals surface area contributed by atoms with Crippen molar-refractivity contribution in [3.05, 3.63) is 83.2 Å². The molecule has 0 N–H and O–H groups in total. The molecule has 0 unspecified atom stereocenters. The molecular weight excluding hydrogens is 420 g/mol. The fourth-order valence-corrected chi connectivity index (χ4v) is 3.38. The highest BCUT2D eigenvalue weighted by atomic mass is 19.2. The van der Waals surface area contributed by atoms with Gasteiger partial charge in [-0.15, -0.1) is 0 Å². The highest BCUT2D eigenvalue weighted by molar-refractivity contribution is 6.00. The van der Waals surface area contributed by atoms with Gasteiger partial charge in [0.25, 0.3) is 0 Å². The summed E-state index contributed by atoms with van der Waals surface area (Å²) in [4.78, 5) is 27.3. The van der Waals surface area contributed by atoms with Gasteiger partial charge in [0.2, 0.25) is 0 Å². The van der Waals surface area contributed by atoms with Crippen LogP contribution in [0, 0.1) is 11.6 Å². The largest absolute Gasteiger partial charge is 0.497 e. The van der Waals surface area contributed by atoms with E-state index in [9.17, 15) is 18.4 Å². The molecule has 0 bridgehead atoms. The van der Waals surface area contributed by atoms with E-state index < -0.39 is 29.5 Å². The summed E-state index contributed by atoms with van der Waals surface area (Å²) < 4.78 is 43.1.